The van der Waals surface area contributed by atoms with E-state index in [1.807, 2.05) is 42.5 Å². The number of aromatic nitrogens is 3. The van der Waals surface area contributed by atoms with Crippen LogP contribution in [0, 0.1) is 0 Å². The van der Waals surface area contributed by atoms with Crippen LogP contribution in [0.5, 0.6) is 0 Å². The van der Waals surface area contributed by atoms with Crippen LogP contribution < -0.4 is 0 Å². The molecule has 0 spiro atoms. The van der Waals surface area contributed by atoms with E-state index in [2.05, 4.69) is 15.2 Å². The van der Waals surface area contributed by atoms with Crippen LogP contribution in [0.2, 0.25) is 0 Å². The number of rotatable bonds is 9. The van der Waals surface area contributed by atoms with Crippen molar-refractivity contribution in [3.8, 4) is 0 Å². The van der Waals surface area contributed by atoms with Gasteiger partial charge in [-0.25, -0.2) is 4.98 Å². The van der Waals surface area contributed by atoms with E-state index in [1.54, 1.807) is 12.7 Å². The Morgan fingerprint density at radius 2 is 1.90 bits per heavy atom. The zero-order valence-corrected chi connectivity index (χ0v) is 20.4. The first-order valence-electron chi connectivity index (χ1n) is 9.06. The van der Waals surface area contributed by atoms with Gasteiger partial charge in [0.15, 0.2) is 5.82 Å². The summed E-state index contributed by atoms with van der Waals surface area (Å²) in [6.07, 6.45) is 3.20. The van der Waals surface area contributed by atoms with Gasteiger partial charge in [-0.3, -0.25) is 9.89 Å². The molecular weight excluding hydrogens is 478 g/mol. The van der Waals surface area contributed by atoms with Crippen molar-refractivity contribution >= 4 is 19.3 Å². The van der Waals surface area contributed by atoms with E-state index in [0.717, 1.165) is 22.8 Å². The van der Waals surface area contributed by atoms with Crippen molar-refractivity contribution in [3.63, 3.8) is 0 Å². The molecule has 0 aliphatic carbocycles. The minimum atomic E-state index is -1.72. The summed E-state index contributed by atoms with van der Waals surface area (Å²) < 4.78 is 16.8. The maximum atomic E-state index is 12.2. The molecule has 1 radical (unpaired) electrons. The largest absolute Gasteiger partial charge is 0.507 e. The van der Waals surface area contributed by atoms with Crippen molar-refractivity contribution in [2.24, 2.45) is 0 Å². The molecule has 1 atom stereocenters. The number of aliphatic hydroxyl groups excluding tert-OH is 1. The van der Waals surface area contributed by atoms with Crippen LogP contribution in [0.3, 0.4) is 0 Å². The van der Waals surface area contributed by atoms with E-state index < -0.39 is 13.6 Å². The average Bonchev–Trinajstić information content (AvgIpc) is 3.23. The van der Waals surface area contributed by atoms with E-state index in [4.69, 9.17) is 4.74 Å². The van der Waals surface area contributed by atoms with Gasteiger partial charge in [0.1, 0.15) is 12.1 Å². The summed E-state index contributed by atoms with van der Waals surface area (Å²) in [5.74, 6) is -0.601. The molecular formula is C21H22N3O4PY. The zero-order valence-electron chi connectivity index (χ0n) is 16.5. The van der Waals surface area contributed by atoms with Crippen LogP contribution in [0.15, 0.2) is 60.9 Å². The Balaban J connectivity index is 0.00000320. The van der Waals surface area contributed by atoms with Crippen molar-refractivity contribution in [3.05, 3.63) is 89.0 Å². The van der Waals surface area contributed by atoms with Crippen LogP contribution in [0.25, 0.3) is 5.76 Å². The summed E-state index contributed by atoms with van der Waals surface area (Å²) >= 11 is 0. The quantitative estimate of drug-likeness (QED) is 0.200. The van der Waals surface area contributed by atoms with Gasteiger partial charge in [-0.15, -0.1) is 0 Å². The zero-order chi connectivity index (χ0) is 20.6. The summed E-state index contributed by atoms with van der Waals surface area (Å²) in [6, 6.07) is 15.5. The van der Waals surface area contributed by atoms with Gasteiger partial charge in [-0.1, -0.05) is 36.4 Å². The number of carbonyl (C=O) groups excluding carboxylic acids is 1. The average molecular weight is 500 g/mol. The van der Waals surface area contributed by atoms with E-state index in [0.29, 0.717) is 12.0 Å². The molecule has 0 saturated carbocycles. The van der Waals surface area contributed by atoms with Crippen LogP contribution in [0.4, 0.5) is 0 Å². The minimum Gasteiger partial charge on any atom is -0.507 e. The molecule has 153 valence electrons. The topological polar surface area (TPSA) is 105 Å². The van der Waals surface area contributed by atoms with Crippen molar-refractivity contribution in [1.82, 2.24) is 15.2 Å². The number of aliphatic hydroxyl groups is 1. The van der Waals surface area contributed by atoms with Gasteiger partial charge in [-0.2, -0.15) is 5.10 Å². The predicted molar refractivity (Wildman–Crippen MR) is 112 cm³/mol. The molecule has 2 N–H and O–H groups in total. The second-order valence-corrected chi connectivity index (χ2v) is 8.32. The smallest absolute Gasteiger partial charge is 0.226 e. The van der Waals surface area contributed by atoms with E-state index in [1.165, 1.54) is 6.33 Å². The van der Waals surface area contributed by atoms with E-state index in [-0.39, 0.29) is 57.2 Å². The molecule has 9 heteroatoms. The maximum absolute atomic E-state index is 12.2. The first kappa shape index (κ1) is 24.4. The monoisotopic (exact) mass is 500 g/mol. The van der Waals surface area contributed by atoms with Crippen LogP contribution in [-0.4, -0.2) is 39.1 Å². The third-order valence-corrected chi connectivity index (χ3v) is 4.70. The minimum absolute atomic E-state index is 0. The molecule has 0 saturated heterocycles. The Morgan fingerprint density at radius 1 is 1.17 bits per heavy atom. The van der Waals surface area contributed by atoms with Crippen molar-refractivity contribution in [2.45, 2.75) is 13.0 Å². The number of hydrogen-bond donors (Lipinski definition) is 2. The Morgan fingerprint density at radius 3 is 2.57 bits per heavy atom. The Labute approximate surface area is 200 Å². The van der Waals surface area contributed by atoms with Gasteiger partial charge in [0.2, 0.25) is 5.78 Å². The summed E-state index contributed by atoms with van der Waals surface area (Å²) in [7, 11) is -1.72. The fourth-order valence-corrected chi connectivity index (χ4v) is 3.23. The molecule has 1 aromatic heterocycles. The third kappa shape index (κ3) is 7.40. The summed E-state index contributed by atoms with van der Waals surface area (Å²) in [5.41, 5.74) is 3.40. The van der Waals surface area contributed by atoms with Gasteiger partial charge >= 0.3 is 0 Å². The van der Waals surface area contributed by atoms with Gasteiger partial charge < -0.3 is 14.4 Å². The second kappa shape index (κ2) is 12.1. The van der Waals surface area contributed by atoms with Crippen molar-refractivity contribution < 1.29 is 51.9 Å². The number of ether oxygens (including phenoxy) is 1. The number of H-pyrrole nitrogens is 1. The SMILES string of the molecule is C[PH](=O)COCc1cc(Cc2ccccc2)cc(/C(O)=C/C(=O)c2ncn[nH]2)c1.[Y]. The molecule has 2 aromatic carbocycles. The first-order chi connectivity index (χ1) is 14.0. The Kier molecular flexibility index (Phi) is 9.79. The molecule has 0 bridgehead atoms. The standard InChI is InChI=1S/C21H22N3O4P.Y/c1-29(27)14-28-12-17-8-16(7-15-5-3-2-4-6-15)9-18(10-17)19(25)11-20(26)21-22-13-23-24-21;/h2-6,8-11,13,25,29H,7,12,14H2,1H3,(H,22,23,24);/b19-11-;. The number of benzene rings is 2. The fourth-order valence-electron chi connectivity index (χ4n) is 2.84. The number of ketones is 1. The molecule has 30 heavy (non-hydrogen) atoms. The number of allylic oxidation sites excluding steroid dienone is 1. The predicted octanol–water partition coefficient (Wildman–Crippen LogP) is 3.84. The summed E-state index contributed by atoms with van der Waals surface area (Å²) in [6.45, 7) is 1.91. The molecule has 0 fully saturated rings. The second-order valence-electron chi connectivity index (χ2n) is 6.62. The van der Waals surface area contributed by atoms with Gasteiger partial charge in [-0.05, 0) is 41.9 Å². The molecule has 1 unspecified atom stereocenters. The number of carbonyl (C=O) groups is 1. The summed E-state index contributed by atoms with van der Waals surface area (Å²) in [4.78, 5) is 16.0. The van der Waals surface area contributed by atoms with Crippen LogP contribution in [0.1, 0.15) is 32.9 Å². The van der Waals surface area contributed by atoms with Gasteiger partial charge in [0.25, 0.3) is 0 Å². The Hall–Kier alpha value is -1.92. The number of nitrogens with zero attached hydrogens (tertiary/aromatic N) is 2. The number of nitrogens with one attached hydrogen (secondary N) is 1. The Bertz CT molecular complexity index is 1020. The fraction of sp³-hybridized carbons (Fsp3) is 0.190. The number of aromatic amines is 1. The molecule has 1 heterocycles. The van der Waals surface area contributed by atoms with Crippen molar-refractivity contribution in [1.29, 1.82) is 0 Å². The molecule has 0 amide bonds. The van der Waals surface area contributed by atoms with E-state index >= 15 is 0 Å². The molecule has 0 aliphatic heterocycles. The molecule has 3 aromatic rings. The third-order valence-electron chi connectivity index (χ3n) is 4.09. The molecule has 3 rings (SSSR count). The maximum Gasteiger partial charge on any atom is 0.226 e. The van der Waals surface area contributed by atoms with E-state index in [9.17, 15) is 14.5 Å². The van der Waals surface area contributed by atoms with Gasteiger partial charge in [0.05, 0.1) is 20.8 Å². The number of hydrogen-bond acceptors (Lipinski definition) is 6. The van der Waals surface area contributed by atoms with Gasteiger partial charge in [0, 0.05) is 44.3 Å². The molecule has 7 nitrogen and oxygen atoms in total. The normalized spacial score (nSPS) is 12.2. The van der Waals surface area contributed by atoms with Crippen molar-refractivity contribution in [2.75, 3.05) is 13.0 Å². The van der Waals surface area contributed by atoms with Crippen LogP contribution >= 0.6 is 7.80 Å². The first-order valence-corrected chi connectivity index (χ1v) is 11.2. The molecule has 0 aliphatic rings. The summed E-state index contributed by atoms with van der Waals surface area (Å²) in [5, 5.41) is 16.6. The van der Waals surface area contributed by atoms with Crippen LogP contribution in [-0.2, 0) is 55.0 Å².